The lowest BCUT2D eigenvalue weighted by molar-refractivity contribution is 0.590. The molecule has 0 aliphatic carbocycles. The van der Waals surface area contributed by atoms with E-state index in [0.29, 0.717) is 11.3 Å². The van der Waals surface area contributed by atoms with Crippen LogP contribution in [-0.2, 0) is 5.41 Å². The fraction of sp³-hybridized carbons (Fsp3) is 0.182. The molecule has 26 heavy (non-hydrogen) atoms. The smallest absolute Gasteiger partial charge is 0.273 e. The Labute approximate surface area is 152 Å². The van der Waals surface area contributed by atoms with Crippen LogP contribution in [0, 0.1) is 0 Å². The molecule has 0 spiro atoms. The molecular weight excluding hydrogens is 322 g/mol. The third-order valence-electron chi connectivity index (χ3n) is 4.58. The zero-order chi connectivity index (χ0) is 18.3. The number of hydrogen-bond donors (Lipinski definition) is 1. The van der Waals surface area contributed by atoms with Crippen molar-refractivity contribution in [2.24, 2.45) is 0 Å². The van der Waals surface area contributed by atoms with Gasteiger partial charge in [0.25, 0.3) is 5.56 Å². The Morgan fingerprint density at radius 2 is 1.58 bits per heavy atom. The molecule has 0 fully saturated rings. The van der Waals surface area contributed by atoms with Crippen LogP contribution in [0.25, 0.3) is 28.2 Å². The van der Waals surface area contributed by atoms with E-state index in [9.17, 15) is 4.79 Å². The Morgan fingerprint density at radius 1 is 0.885 bits per heavy atom. The minimum Gasteiger partial charge on any atom is -0.289 e. The number of aromatic amines is 1. The van der Waals surface area contributed by atoms with E-state index in [-0.39, 0.29) is 11.0 Å². The number of nitrogens with one attached hydrogen (secondary N) is 1. The largest absolute Gasteiger partial charge is 0.289 e. The lowest BCUT2D eigenvalue weighted by atomic mass is 9.86. The van der Waals surface area contributed by atoms with Gasteiger partial charge in [0.2, 0.25) is 0 Å². The molecule has 2 aromatic carbocycles. The lowest BCUT2D eigenvalue weighted by Crippen LogP contribution is -2.14. The molecule has 0 atom stereocenters. The van der Waals surface area contributed by atoms with Crippen molar-refractivity contribution in [3.63, 3.8) is 0 Å². The predicted octanol–water partition coefficient (Wildman–Crippen LogP) is 4.65. The number of fused-ring (bicyclic) bond motifs is 1. The van der Waals surface area contributed by atoms with Crippen molar-refractivity contribution in [1.82, 2.24) is 14.6 Å². The van der Waals surface area contributed by atoms with Gasteiger partial charge in [-0.25, -0.2) is 9.50 Å². The van der Waals surface area contributed by atoms with E-state index >= 15 is 0 Å². The molecule has 0 saturated carbocycles. The highest BCUT2D eigenvalue weighted by Crippen LogP contribution is 2.26. The maximum Gasteiger partial charge on any atom is 0.273 e. The first kappa shape index (κ1) is 16.3. The molecule has 0 unspecified atom stereocenters. The average Bonchev–Trinajstić information content (AvgIpc) is 3.07. The van der Waals surface area contributed by atoms with Crippen molar-refractivity contribution in [1.29, 1.82) is 0 Å². The second-order valence-corrected chi connectivity index (χ2v) is 7.54. The van der Waals surface area contributed by atoms with E-state index in [4.69, 9.17) is 0 Å². The van der Waals surface area contributed by atoms with Gasteiger partial charge < -0.3 is 0 Å². The standard InChI is InChI=1S/C22H21N3O/c1-22(2,3)17-11-9-16(10-12-17)19-13-20-23-18(14-21(26)25(20)24-19)15-7-5-4-6-8-15/h4-14,24H,1-3H3. The van der Waals surface area contributed by atoms with Crippen LogP contribution < -0.4 is 5.56 Å². The number of H-pyrrole nitrogens is 1. The highest BCUT2D eigenvalue weighted by Gasteiger charge is 2.14. The molecule has 0 saturated heterocycles. The van der Waals surface area contributed by atoms with Gasteiger partial charge in [-0.2, -0.15) is 0 Å². The van der Waals surface area contributed by atoms with E-state index in [2.05, 4.69) is 55.1 Å². The molecule has 0 aliphatic heterocycles. The van der Waals surface area contributed by atoms with Gasteiger partial charge in [0.1, 0.15) is 0 Å². The van der Waals surface area contributed by atoms with Gasteiger partial charge in [-0.15, -0.1) is 0 Å². The number of benzene rings is 2. The van der Waals surface area contributed by atoms with Crippen molar-refractivity contribution in [2.75, 3.05) is 0 Å². The highest BCUT2D eigenvalue weighted by atomic mass is 16.1. The van der Waals surface area contributed by atoms with Gasteiger partial charge in [-0.1, -0.05) is 75.4 Å². The zero-order valence-corrected chi connectivity index (χ0v) is 15.2. The SMILES string of the molecule is CC(C)(C)c1ccc(-c2cc3nc(-c4ccccc4)cc(=O)n3[nH]2)cc1. The highest BCUT2D eigenvalue weighted by molar-refractivity contribution is 5.67. The van der Waals surface area contributed by atoms with Crippen molar-refractivity contribution < 1.29 is 0 Å². The Morgan fingerprint density at radius 3 is 2.23 bits per heavy atom. The van der Waals surface area contributed by atoms with E-state index in [0.717, 1.165) is 16.8 Å². The molecule has 2 heterocycles. The molecular formula is C22H21N3O. The normalized spacial score (nSPS) is 11.8. The number of nitrogens with zero attached hydrogens (tertiary/aromatic N) is 2. The van der Waals surface area contributed by atoms with Crippen LogP contribution in [0.15, 0.2) is 71.5 Å². The number of aromatic nitrogens is 3. The van der Waals surface area contributed by atoms with Crippen LogP contribution in [-0.4, -0.2) is 14.6 Å². The molecule has 0 amide bonds. The van der Waals surface area contributed by atoms with E-state index in [1.165, 1.54) is 10.1 Å². The van der Waals surface area contributed by atoms with Crippen molar-refractivity contribution in [2.45, 2.75) is 26.2 Å². The molecule has 0 aliphatic rings. The van der Waals surface area contributed by atoms with Gasteiger partial charge in [-0.3, -0.25) is 9.89 Å². The maximum absolute atomic E-state index is 12.5. The van der Waals surface area contributed by atoms with E-state index < -0.39 is 0 Å². The molecule has 4 aromatic rings. The van der Waals surface area contributed by atoms with Crippen LogP contribution in [0.1, 0.15) is 26.3 Å². The average molecular weight is 343 g/mol. The first-order valence-electron chi connectivity index (χ1n) is 8.71. The van der Waals surface area contributed by atoms with Gasteiger partial charge in [0.05, 0.1) is 11.4 Å². The number of hydrogen-bond acceptors (Lipinski definition) is 2. The first-order chi connectivity index (χ1) is 12.4. The molecule has 130 valence electrons. The monoisotopic (exact) mass is 343 g/mol. The molecule has 0 bridgehead atoms. The molecule has 0 radical (unpaired) electrons. The Bertz CT molecular complexity index is 1110. The summed E-state index contributed by atoms with van der Waals surface area (Å²) in [7, 11) is 0. The Balaban J connectivity index is 1.78. The summed E-state index contributed by atoms with van der Waals surface area (Å²) in [5.74, 6) is 0. The van der Waals surface area contributed by atoms with Crippen molar-refractivity contribution in [3.05, 3.63) is 82.6 Å². The molecule has 2 aromatic heterocycles. The first-order valence-corrected chi connectivity index (χ1v) is 8.71. The second kappa shape index (κ2) is 5.99. The predicted molar refractivity (Wildman–Crippen MR) is 105 cm³/mol. The molecule has 4 heteroatoms. The van der Waals surface area contributed by atoms with Gasteiger partial charge in [-0.05, 0) is 16.5 Å². The third kappa shape index (κ3) is 2.94. The van der Waals surface area contributed by atoms with Crippen LogP contribution in [0.5, 0.6) is 0 Å². The Hall–Kier alpha value is -3.14. The molecule has 4 nitrogen and oxygen atoms in total. The summed E-state index contributed by atoms with van der Waals surface area (Å²) in [6, 6.07) is 21.6. The van der Waals surface area contributed by atoms with Crippen molar-refractivity contribution >= 4 is 5.65 Å². The van der Waals surface area contributed by atoms with Crippen LogP contribution in [0.2, 0.25) is 0 Å². The summed E-state index contributed by atoms with van der Waals surface area (Å²) in [5.41, 5.74) is 5.41. The summed E-state index contributed by atoms with van der Waals surface area (Å²) in [5, 5.41) is 3.16. The van der Waals surface area contributed by atoms with Crippen molar-refractivity contribution in [3.8, 4) is 22.5 Å². The minimum atomic E-state index is -0.119. The molecule has 4 rings (SSSR count). The Kier molecular flexibility index (Phi) is 3.76. The van der Waals surface area contributed by atoms with Crippen LogP contribution in [0.4, 0.5) is 0 Å². The van der Waals surface area contributed by atoms with Gasteiger partial charge >= 0.3 is 0 Å². The maximum atomic E-state index is 12.5. The minimum absolute atomic E-state index is 0.113. The zero-order valence-electron chi connectivity index (χ0n) is 15.2. The lowest BCUT2D eigenvalue weighted by Gasteiger charge is -2.18. The van der Waals surface area contributed by atoms with Crippen LogP contribution >= 0.6 is 0 Å². The number of rotatable bonds is 2. The fourth-order valence-electron chi connectivity index (χ4n) is 3.05. The second-order valence-electron chi connectivity index (χ2n) is 7.54. The summed E-state index contributed by atoms with van der Waals surface area (Å²) >= 11 is 0. The van der Waals surface area contributed by atoms with Gasteiger partial charge in [0.15, 0.2) is 5.65 Å². The summed E-state index contributed by atoms with van der Waals surface area (Å²) in [4.78, 5) is 17.1. The molecule has 1 N–H and O–H groups in total. The van der Waals surface area contributed by atoms with Crippen LogP contribution in [0.3, 0.4) is 0 Å². The fourth-order valence-corrected chi connectivity index (χ4v) is 3.05. The van der Waals surface area contributed by atoms with E-state index in [1.807, 2.05) is 36.4 Å². The summed E-state index contributed by atoms with van der Waals surface area (Å²) in [6.45, 7) is 6.58. The summed E-state index contributed by atoms with van der Waals surface area (Å²) in [6.07, 6.45) is 0. The topological polar surface area (TPSA) is 50.2 Å². The third-order valence-corrected chi connectivity index (χ3v) is 4.58. The van der Waals surface area contributed by atoms with Gasteiger partial charge in [0, 0.05) is 17.7 Å². The quantitative estimate of drug-likeness (QED) is 0.576. The van der Waals surface area contributed by atoms with E-state index in [1.54, 1.807) is 6.07 Å². The summed E-state index contributed by atoms with van der Waals surface area (Å²) < 4.78 is 1.49.